The summed E-state index contributed by atoms with van der Waals surface area (Å²) in [6, 6.07) is -1.19. The van der Waals surface area contributed by atoms with Gasteiger partial charge in [0.1, 0.15) is 36.6 Å². The normalized spacial score (nSPS) is 23.7. The van der Waals surface area contributed by atoms with Gasteiger partial charge in [0.25, 0.3) is 0 Å². The maximum absolute atomic E-state index is 13.0. The lowest BCUT2D eigenvalue weighted by molar-refractivity contribution is -0.303. The molecule has 0 radical (unpaired) electrons. The van der Waals surface area contributed by atoms with E-state index < -0.39 is 74.2 Å². The SMILES string of the molecule is CC/C=C/CC/C=C/CCCC(O)C(O)C(COC1OC(CO)C(O)C(O)C1O)NC(=O)C(O)CCCCCC/C=C\CCCCCCCCC. The van der Waals surface area contributed by atoms with Crippen LogP contribution in [0.1, 0.15) is 142 Å². The van der Waals surface area contributed by atoms with Crippen LogP contribution in [-0.4, -0.2) is 110 Å². The highest BCUT2D eigenvalue weighted by molar-refractivity contribution is 5.80. The van der Waals surface area contributed by atoms with Crippen molar-refractivity contribution in [2.75, 3.05) is 13.2 Å². The number of carbonyl (C=O) groups is 1. The van der Waals surface area contributed by atoms with Gasteiger partial charge >= 0.3 is 0 Å². The summed E-state index contributed by atoms with van der Waals surface area (Å²) in [5, 5.41) is 75.1. The number of hydrogen-bond acceptors (Lipinski definition) is 10. The Morgan fingerprint density at radius 1 is 0.686 bits per heavy atom. The maximum atomic E-state index is 13.0. The van der Waals surface area contributed by atoms with Crippen LogP contribution in [-0.2, 0) is 14.3 Å². The minimum Gasteiger partial charge on any atom is -0.394 e. The van der Waals surface area contributed by atoms with Gasteiger partial charge in [0.2, 0.25) is 5.91 Å². The van der Waals surface area contributed by atoms with Gasteiger partial charge in [0.15, 0.2) is 6.29 Å². The molecule has 0 bridgehead atoms. The summed E-state index contributed by atoms with van der Waals surface area (Å²) in [6.07, 6.45) is 20.8. The van der Waals surface area contributed by atoms with Gasteiger partial charge in [-0.3, -0.25) is 4.79 Å². The lowest BCUT2D eigenvalue weighted by Crippen LogP contribution is -2.60. The first-order valence-electron chi connectivity index (χ1n) is 19.9. The first kappa shape index (κ1) is 47.4. The van der Waals surface area contributed by atoms with Crippen LogP contribution >= 0.6 is 0 Å². The number of nitrogens with one attached hydrogen (secondary N) is 1. The fraction of sp³-hybridized carbons (Fsp3) is 0.825. The molecule has 8 N–H and O–H groups in total. The van der Waals surface area contributed by atoms with E-state index in [1.165, 1.54) is 44.9 Å². The number of amides is 1. The average molecular weight is 728 g/mol. The molecule has 0 spiro atoms. The molecule has 1 fully saturated rings. The lowest BCUT2D eigenvalue weighted by atomic mass is 9.98. The van der Waals surface area contributed by atoms with E-state index in [1.54, 1.807) is 0 Å². The molecule has 1 saturated heterocycles. The molecule has 9 atom stereocenters. The molecule has 1 amide bonds. The first-order chi connectivity index (χ1) is 24.7. The van der Waals surface area contributed by atoms with Gasteiger partial charge in [0, 0.05) is 0 Å². The monoisotopic (exact) mass is 728 g/mol. The Labute approximate surface area is 307 Å². The van der Waals surface area contributed by atoms with Crippen LogP contribution in [0.2, 0.25) is 0 Å². The number of rotatable bonds is 31. The highest BCUT2D eigenvalue weighted by atomic mass is 16.7. The van der Waals surface area contributed by atoms with E-state index in [2.05, 4.69) is 49.5 Å². The molecule has 0 aromatic rings. The maximum Gasteiger partial charge on any atom is 0.249 e. The van der Waals surface area contributed by atoms with Crippen molar-refractivity contribution in [3.8, 4) is 0 Å². The third kappa shape index (κ3) is 21.6. The van der Waals surface area contributed by atoms with Crippen LogP contribution in [0.15, 0.2) is 36.5 Å². The van der Waals surface area contributed by atoms with Crippen LogP contribution in [0.4, 0.5) is 0 Å². The summed E-state index contributed by atoms with van der Waals surface area (Å²) in [4.78, 5) is 13.0. The Hall–Kier alpha value is -1.67. The van der Waals surface area contributed by atoms with Crippen molar-refractivity contribution < 1.29 is 50.0 Å². The van der Waals surface area contributed by atoms with E-state index in [4.69, 9.17) is 9.47 Å². The van der Waals surface area contributed by atoms with Crippen molar-refractivity contribution in [3.05, 3.63) is 36.5 Å². The van der Waals surface area contributed by atoms with Crippen molar-refractivity contribution in [2.24, 2.45) is 0 Å². The van der Waals surface area contributed by atoms with E-state index in [1.807, 2.05) is 6.08 Å². The zero-order valence-electron chi connectivity index (χ0n) is 31.6. The second-order valence-corrected chi connectivity index (χ2v) is 14.0. The van der Waals surface area contributed by atoms with Crippen LogP contribution in [0, 0.1) is 0 Å². The van der Waals surface area contributed by atoms with Gasteiger partial charge in [-0.2, -0.15) is 0 Å². The van der Waals surface area contributed by atoms with Gasteiger partial charge in [-0.1, -0.05) is 108 Å². The van der Waals surface area contributed by atoms with E-state index in [-0.39, 0.29) is 12.8 Å². The molecule has 0 aromatic carbocycles. The predicted octanol–water partition coefficient (Wildman–Crippen LogP) is 4.88. The number of hydrogen-bond donors (Lipinski definition) is 8. The highest BCUT2D eigenvalue weighted by Gasteiger charge is 2.44. The molecule has 1 heterocycles. The number of aliphatic hydroxyl groups excluding tert-OH is 7. The van der Waals surface area contributed by atoms with Gasteiger partial charge in [-0.25, -0.2) is 0 Å². The predicted molar refractivity (Wildman–Crippen MR) is 201 cm³/mol. The van der Waals surface area contributed by atoms with Gasteiger partial charge in [0.05, 0.1) is 25.4 Å². The lowest BCUT2D eigenvalue weighted by Gasteiger charge is -2.40. The molecule has 1 rings (SSSR count). The molecule has 0 saturated carbocycles. The van der Waals surface area contributed by atoms with E-state index >= 15 is 0 Å². The number of ether oxygens (including phenoxy) is 2. The number of unbranched alkanes of at least 4 members (excludes halogenated alkanes) is 13. The number of carbonyl (C=O) groups excluding carboxylic acids is 1. The molecule has 11 nitrogen and oxygen atoms in total. The van der Waals surface area contributed by atoms with E-state index in [9.17, 15) is 40.5 Å². The topological polar surface area (TPSA) is 189 Å². The minimum absolute atomic E-state index is 0.236. The average Bonchev–Trinajstić information content (AvgIpc) is 3.13. The van der Waals surface area contributed by atoms with Crippen LogP contribution < -0.4 is 5.32 Å². The molecule has 1 aliphatic rings. The molecule has 1 aliphatic heterocycles. The number of aliphatic hydroxyl groups is 7. The van der Waals surface area contributed by atoms with E-state index in [0.717, 1.165) is 51.4 Å². The Balaban J connectivity index is 2.56. The quantitative estimate of drug-likeness (QED) is 0.0361. The summed E-state index contributed by atoms with van der Waals surface area (Å²) in [7, 11) is 0. The molecule has 51 heavy (non-hydrogen) atoms. The van der Waals surface area contributed by atoms with Crippen LogP contribution in [0.5, 0.6) is 0 Å². The second kappa shape index (κ2) is 30.8. The summed E-state index contributed by atoms with van der Waals surface area (Å²) in [5.74, 6) is -0.725. The van der Waals surface area contributed by atoms with Gasteiger partial charge in [-0.15, -0.1) is 0 Å². The molecular weight excluding hydrogens is 654 g/mol. The fourth-order valence-electron chi connectivity index (χ4n) is 6.04. The summed E-state index contributed by atoms with van der Waals surface area (Å²) in [6.45, 7) is 3.24. The molecular formula is C40H73NO10. The smallest absolute Gasteiger partial charge is 0.249 e. The summed E-state index contributed by atoms with van der Waals surface area (Å²) >= 11 is 0. The largest absolute Gasteiger partial charge is 0.394 e. The highest BCUT2D eigenvalue weighted by Crippen LogP contribution is 2.23. The van der Waals surface area contributed by atoms with Crippen LogP contribution in [0.25, 0.3) is 0 Å². The first-order valence-corrected chi connectivity index (χ1v) is 19.9. The van der Waals surface area contributed by atoms with E-state index in [0.29, 0.717) is 19.3 Å². The Morgan fingerprint density at radius 3 is 1.84 bits per heavy atom. The Bertz CT molecular complexity index is 929. The van der Waals surface area contributed by atoms with Crippen LogP contribution in [0.3, 0.4) is 0 Å². The van der Waals surface area contributed by atoms with Crippen molar-refractivity contribution >= 4 is 5.91 Å². The molecule has 0 aliphatic carbocycles. The van der Waals surface area contributed by atoms with Crippen molar-refractivity contribution in [1.82, 2.24) is 5.32 Å². The van der Waals surface area contributed by atoms with Gasteiger partial charge in [-0.05, 0) is 70.6 Å². The van der Waals surface area contributed by atoms with Gasteiger partial charge < -0.3 is 50.5 Å². The zero-order chi connectivity index (χ0) is 37.7. The van der Waals surface area contributed by atoms with Crippen molar-refractivity contribution in [1.29, 1.82) is 0 Å². The standard InChI is InChI=1S/C40H73NO10/c1-3-5-7-9-11-13-14-15-16-17-18-20-22-24-26-28-33(44)39(49)41-31(30-50-40-38(48)37(47)36(46)34(29-42)51-40)35(45)32(43)27-25-23-21-19-12-10-8-6-4-2/h6,8,16-17,19,21,31-38,40,42-48H,3-5,7,9-15,18,20,22-30H2,1-2H3,(H,41,49)/b8-6+,17-16-,21-19+. The van der Waals surface area contributed by atoms with Crippen molar-refractivity contribution in [3.63, 3.8) is 0 Å². The minimum atomic E-state index is -1.67. The molecule has 9 unspecified atom stereocenters. The fourth-order valence-corrected chi connectivity index (χ4v) is 6.04. The second-order valence-electron chi connectivity index (χ2n) is 14.0. The molecule has 298 valence electrons. The molecule has 0 aromatic heterocycles. The molecule has 11 heteroatoms. The Kier molecular flexibility index (Phi) is 28.6. The summed E-state index contributed by atoms with van der Waals surface area (Å²) in [5.41, 5.74) is 0. The summed E-state index contributed by atoms with van der Waals surface area (Å²) < 4.78 is 11.0. The zero-order valence-corrected chi connectivity index (χ0v) is 31.6. The Morgan fingerprint density at radius 2 is 1.24 bits per heavy atom. The van der Waals surface area contributed by atoms with Crippen molar-refractivity contribution in [2.45, 2.75) is 197 Å². The number of allylic oxidation sites excluding steroid dienone is 6. The third-order valence-corrected chi connectivity index (χ3v) is 9.40. The third-order valence-electron chi connectivity index (χ3n) is 9.40.